The number of hydrogen-bond donors (Lipinski definition) is 0. The third-order valence-corrected chi connectivity index (χ3v) is 6.15. The lowest BCUT2D eigenvalue weighted by Gasteiger charge is -2.23. The van der Waals surface area contributed by atoms with Gasteiger partial charge in [-0.05, 0) is 46.9 Å². The van der Waals surface area contributed by atoms with Crippen molar-refractivity contribution < 1.29 is 45.4 Å². The maximum atomic E-state index is 13.4. The van der Waals surface area contributed by atoms with E-state index in [4.69, 9.17) is 9.47 Å². The molecule has 0 spiro atoms. The summed E-state index contributed by atoms with van der Waals surface area (Å²) in [6.45, 7) is 4.33. The van der Waals surface area contributed by atoms with Crippen LogP contribution < -0.4 is 9.47 Å². The van der Waals surface area contributed by atoms with Crippen molar-refractivity contribution in [3.8, 4) is 22.8 Å². The van der Waals surface area contributed by atoms with Crippen molar-refractivity contribution in [2.45, 2.75) is 52.6 Å². The summed E-state index contributed by atoms with van der Waals surface area (Å²) in [5, 5.41) is 0. The maximum Gasteiger partial charge on any atom is 0.416 e. The van der Waals surface area contributed by atoms with Gasteiger partial charge in [0, 0.05) is 23.9 Å². The first-order chi connectivity index (χ1) is 19.0. The van der Waals surface area contributed by atoms with Gasteiger partial charge in [0.25, 0.3) is 5.91 Å². The number of fused-ring (bicyclic) bond motifs is 1. The number of rotatable bonds is 5. The molecule has 1 aliphatic rings. The first kappa shape index (κ1) is 29.9. The Morgan fingerprint density at radius 3 is 2.20 bits per heavy atom. The van der Waals surface area contributed by atoms with Gasteiger partial charge in [0.05, 0.1) is 24.1 Å². The minimum atomic E-state index is -5.03. The van der Waals surface area contributed by atoms with Crippen LogP contribution in [0.1, 0.15) is 49.4 Å². The number of ether oxygens (including phenoxy) is 2. The molecular formula is C29H26F6N2O4. The average molecular weight is 581 g/mol. The predicted octanol–water partition coefficient (Wildman–Crippen LogP) is 7.05. The largest absolute Gasteiger partial charge is 0.467 e. The van der Waals surface area contributed by atoms with Crippen LogP contribution in [0.15, 0.2) is 54.7 Å². The summed E-state index contributed by atoms with van der Waals surface area (Å²) in [6.07, 6.45) is -8.50. The molecule has 1 aromatic heterocycles. The van der Waals surface area contributed by atoms with Crippen molar-refractivity contribution in [1.82, 2.24) is 9.88 Å². The van der Waals surface area contributed by atoms with Crippen LogP contribution >= 0.6 is 0 Å². The van der Waals surface area contributed by atoms with Crippen molar-refractivity contribution in [2.24, 2.45) is 5.41 Å². The van der Waals surface area contributed by atoms with Crippen molar-refractivity contribution in [3.63, 3.8) is 0 Å². The van der Waals surface area contributed by atoms with E-state index >= 15 is 0 Å². The van der Waals surface area contributed by atoms with Crippen LogP contribution in [0.5, 0.6) is 11.6 Å². The number of hydrogen-bond acceptors (Lipinski definition) is 5. The molecule has 3 aromatic rings. The quantitative estimate of drug-likeness (QED) is 0.184. The number of nitrogens with zero attached hydrogens (tertiary/aromatic N) is 2. The Balaban J connectivity index is 1.72. The molecule has 1 aliphatic heterocycles. The normalized spacial score (nSPS) is 14.3. The van der Waals surface area contributed by atoms with Crippen molar-refractivity contribution in [2.75, 3.05) is 6.61 Å². The zero-order chi connectivity index (χ0) is 30.2. The molecule has 0 N–H and O–H groups in total. The molecule has 2 aromatic carbocycles. The zero-order valence-electron chi connectivity index (χ0n) is 22.3. The second kappa shape index (κ2) is 11.1. The third-order valence-electron chi connectivity index (χ3n) is 6.15. The fraction of sp³-hybridized carbons (Fsp3) is 0.345. The van der Waals surface area contributed by atoms with E-state index in [2.05, 4.69) is 4.98 Å². The van der Waals surface area contributed by atoms with Gasteiger partial charge in [0.2, 0.25) is 5.88 Å². The number of carbonyl (C=O) groups is 2. The van der Waals surface area contributed by atoms with Gasteiger partial charge in [-0.15, -0.1) is 0 Å². The highest BCUT2D eigenvalue weighted by Crippen LogP contribution is 2.39. The topological polar surface area (TPSA) is 68.7 Å². The minimum absolute atomic E-state index is 0.0338. The second-order valence-corrected chi connectivity index (χ2v) is 10.8. The van der Waals surface area contributed by atoms with Crippen LogP contribution in [0.25, 0.3) is 11.1 Å². The number of pyridine rings is 1. The van der Waals surface area contributed by atoms with Crippen LogP contribution in [0.2, 0.25) is 0 Å². The molecule has 0 saturated carbocycles. The number of amides is 1. The number of benzene rings is 2. The van der Waals surface area contributed by atoms with Gasteiger partial charge in [-0.1, -0.05) is 39.0 Å². The monoisotopic (exact) mass is 580 g/mol. The molecule has 0 unspecified atom stereocenters. The fourth-order valence-corrected chi connectivity index (χ4v) is 4.35. The van der Waals surface area contributed by atoms with Crippen LogP contribution in [0.4, 0.5) is 26.3 Å². The molecule has 41 heavy (non-hydrogen) atoms. The van der Waals surface area contributed by atoms with Crippen molar-refractivity contribution in [1.29, 1.82) is 0 Å². The lowest BCUT2D eigenvalue weighted by Crippen LogP contribution is -2.32. The van der Waals surface area contributed by atoms with E-state index < -0.39 is 48.5 Å². The lowest BCUT2D eigenvalue weighted by atomic mass is 9.92. The molecule has 0 atom stereocenters. The van der Waals surface area contributed by atoms with Gasteiger partial charge in [-0.2, -0.15) is 26.3 Å². The first-order valence-electron chi connectivity index (χ1n) is 12.5. The molecule has 0 saturated heterocycles. The van der Waals surface area contributed by atoms with E-state index in [9.17, 15) is 35.9 Å². The molecule has 1 amide bonds. The van der Waals surface area contributed by atoms with E-state index in [0.29, 0.717) is 28.8 Å². The summed E-state index contributed by atoms with van der Waals surface area (Å²) in [6, 6.07) is 9.43. The number of halogens is 6. The van der Waals surface area contributed by atoms with Crippen LogP contribution in [0.3, 0.4) is 0 Å². The fourth-order valence-electron chi connectivity index (χ4n) is 4.35. The first-order valence-corrected chi connectivity index (χ1v) is 12.5. The van der Waals surface area contributed by atoms with E-state index in [1.165, 1.54) is 6.20 Å². The smallest absolute Gasteiger partial charge is 0.416 e. The number of esters is 1. The Hall–Kier alpha value is -4.09. The van der Waals surface area contributed by atoms with Crippen LogP contribution in [-0.4, -0.2) is 28.4 Å². The summed E-state index contributed by atoms with van der Waals surface area (Å²) in [5.74, 6) is -0.841. The molecular weight excluding hydrogens is 554 g/mol. The van der Waals surface area contributed by atoms with E-state index in [1.807, 2.05) is 20.8 Å². The Labute approximate surface area is 231 Å². The van der Waals surface area contributed by atoms with Crippen LogP contribution in [-0.2, 0) is 35.0 Å². The Morgan fingerprint density at radius 2 is 1.59 bits per heavy atom. The molecule has 0 aliphatic carbocycles. The SMILES string of the molecule is CC(C)(C)CC(=O)Oc1ccccc1-c1ccnc2c1CN(Cc1cc(C(F)(F)F)cc(C(F)(F)F)c1)C(=O)CO2. The summed E-state index contributed by atoms with van der Waals surface area (Å²) < 4.78 is 91.6. The standard InChI is InChI=1S/C29H26F6N2O4/c1-27(2,3)13-25(39)41-23-7-5-4-6-21(23)20-8-9-36-26-22(20)15-37(24(38)16-40-26)14-17-10-18(28(30,31)32)12-19(11-17)29(33,34)35/h4-12H,13-16H2,1-3H3. The number of para-hydroxylation sites is 1. The van der Waals surface area contributed by atoms with Gasteiger partial charge in [0.15, 0.2) is 6.61 Å². The predicted molar refractivity (Wildman–Crippen MR) is 136 cm³/mol. The third kappa shape index (κ3) is 7.36. The number of carbonyl (C=O) groups excluding carboxylic acids is 2. The van der Waals surface area contributed by atoms with Gasteiger partial charge in [-0.3, -0.25) is 9.59 Å². The van der Waals surface area contributed by atoms with E-state index in [0.717, 1.165) is 4.90 Å². The Morgan fingerprint density at radius 1 is 0.951 bits per heavy atom. The Bertz CT molecular complexity index is 1430. The molecule has 0 fully saturated rings. The Kier molecular flexibility index (Phi) is 8.06. The molecule has 6 nitrogen and oxygen atoms in total. The molecule has 4 rings (SSSR count). The minimum Gasteiger partial charge on any atom is -0.467 e. The van der Waals surface area contributed by atoms with Gasteiger partial charge in [-0.25, -0.2) is 4.98 Å². The second-order valence-electron chi connectivity index (χ2n) is 10.8. The molecule has 0 bridgehead atoms. The van der Waals surface area contributed by atoms with E-state index in [1.54, 1.807) is 30.3 Å². The average Bonchev–Trinajstić information content (AvgIpc) is 3.00. The van der Waals surface area contributed by atoms with Gasteiger partial charge >= 0.3 is 18.3 Å². The zero-order valence-corrected chi connectivity index (χ0v) is 22.3. The van der Waals surface area contributed by atoms with Gasteiger partial charge in [0.1, 0.15) is 5.75 Å². The highest BCUT2D eigenvalue weighted by Gasteiger charge is 2.37. The summed E-state index contributed by atoms with van der Waals surface area (Å²) in [7, 11) is 0. The van der Waals surface area contributed by atoms with E-state index in [-0.39, 0.29) is 41.6 Å². The summed E-state index contributed by atoms with van der Waals surface area (Å²) in [5.41, 5.74) is -2.36. The molecule has 0 radical (unpaired) electrons. The van der Waals surface area contributed by atoms with Crippen molar-refractivity contribution in [3.05, 3.63) is 77.0 Å². The molecule has 2 heterocycles. The van der Waals surface area contributed by atoms with Crippen molar-refractivity contribution >= 4 is 11.9 Å². The summed E-state index contributed by atoms with van der Waals surface area (Å²) in [4.78, 5) is 30.7. The van der Waals surface area contributed by atoms with Crippen LogP contribution in [0, 0.1) is 5.41 Å². The van der Waals surface area contributed by atoms with Gasteiger partial charge < -0.3 is 14.4 Å². The number of alkyl halides is 6. The lowest BCUT2D eigenvalue weighted by molar-refractivity contribution is -0.143. The number of aromatic nitrogens is 1. The highest BCUT2D eigenvalue weighted by molar-refractivity contribution is 5.82. The molecule has 12 heteroatoms. The molecule has 218 valence electrons. The maximum absolute atomic E-state index is 13.4. The summed E-state index contributed by atoms with van der Waals surface area (Å²) >= 11 is 0. The highest BCUT2D eigenvalue weighted by atomic mass is 19.4.